The fourth-order valence-corrected chi connectivity index (χ4v) is 8.12. The molecule has 0 aliphatic heterocycles. The molecule has 0 fully saturated rings. The van der Waals surface area contributed by atoms with Gasteiger partial charge in [-0.25, -0.2) is 9.59 Å². The van der Waals surface area contributed by atoms with E-state index in [1.807, 2.05) is 103 Å². The fourth-order valence-electron chi connectivity index (χ4n) is 4.86. The van der Waals surface area contributed by atoms with Crippen LogP contribution in [0.2, 0.25) is 0 Å². The van der Waals surface area contributed by atoms with Gasteiger partial charge in [0.15, 0.2) is 21.1 Å². The van der Waals surface area contributed by atoms with Crippen molar-refractivity contribution < 1.29 is 42.3 Å². The number of para-hydroxylation sites is 4. The number of halogens is 1. The second kappa shape index (κ2) is 25.9. The second-order valence-electron chi connectivity index (χ2n) is 14.0. The van der Waals surface area contributed by atoms with Crippen molar-refractivity contribution in [3.05, 3.63) is 156 Å². The Morgan fingerprint density at radius 1 is 0.516 bits per heavy atom. The molecular formula is C43H54ClN6O9P3. The van der Waals surface area contributed by atoms with Gasteiger partial charge in [0.05, 0.1) is 41.7 Å². The predicted octanol–water partition coefficient (Wildman–Crippen LogP) is 10.2. The fraction of sp³-hybridized carbons (Fsp3) is 0.233. The third kappa shape index (κ3) is 22.2. The van der Waals surface area contributed by atoms with Crippen molar-refractivity contribution >= 4 is 73.2 Å². The number of hydrogen-bond donors (Lipinski definition) is 6. The Balaban J connectivity index is 0.000000346. The summed E-state index contributed by atoms with van der Waals surface area (Å²) in [7, 11) is -6.21. The molecule has 0 bridgehead atoms. The van der Waals surface area contributed by atoms with Gasteiger partial charge in [-0.1, -0.05) is 127 Å². The lowest BCUT2D eigenvalue weighted by molar-refractivity contribution is -0.144. The van der Waals surface area contributed by atoms with Gasteiger partial charge >= 0.3 is 18.2 Å². The number of rotatable bonds is 17. The van der Waals surface area contributed by atoms with E-state index in [2.05, 4.69) is 20.8 Å². The number of ether oxygens (including phenoxy) is 3. The first-order valence-electron chi connectivity index (χ1n) is 19.1. The van der Waals surface area contributed by atoms with Gasteiger partial charge in [0.1, 0.15) is 19.8 Å². The molecule has 0 saturated carbocycles. The van der Waals surface area contributed by atoms with Crippen molar-refractivity contribution in [3.63, 3.8) is 0 Å². The smallest absolute Gasteiger partial charge is 0.407 e. The first kappa shape index (κ1) is 50.6. The monoisotopic (exact) mass is 926 g/mol. The zero-order valence-electron chi connectivity index (χ0n) is 34.8. The van der Waals surface area contributed by atoms with Gasteiger partial charge in [0.2, 0.25) is 0 Å². The molecule has 19 heteroatoms. The zero-order chi connectivity index (χ0) is 45.4. The first-order valence-corrected chi connectivity index (χ1v) is 27.1. The third-order valence-corrected chi connectivity index (χ3v) is 12.6. The van der Waals surface area contributed by atoms with E-state index in [-0.39, 0.29) is 50.9 Å². The maximum absolute atomic E-state index is 13.1. The van der Waals surface area contributed by atoms with Crippen molar-refractivity contribution in [2.45, 2.75) is 26.2 Å². The van der Waals surface area contributed by atoms with Gasteiger partial charge in [-0.05, 0) is 41.0 Å². The molecule has 5 rings (SSSR count). The summed E-state index contributed by atoms with van der Waals surface area (Å²) >= 11 is 5.54. The molecule has 0 aromatic heterocycles. The number of carbonyl (C=O) groups is 3. The summed E-state index contributed by atoms with van der Waals surface area (Å²) in [6, 6.07) is 41.9. The van der Waals surface area contributed by atoms with Gasteiger partial charge in [-0.2, -0.15) is 0 Å². The molecule has 0 spiro atoms. The molecule has 0 saturated heterocycles. The number of amides is 2. The Kier molecular flexibility index (Phi) is 21.2. The minimum Gasteiger partial charge on any atom is -0.461 e. The number of nitrogen functional groups attached to an aromatic ring is 2. The lowest BCUT2D eigenvalue weighted by Crippen LogP contribution is -2.27. The Hall–Kier alpha value is -5.71. The van der Waals surface area contributed by atoms with Crippen LogP contribution in [0.5, 0.6) is 0 Å². The highest BCUT2D eigenvalue weighted by atomic mass is 35.7. The van der Waals surface area contributed by atoms with Crippen LogP contribution in [0, 0.1) is 0 Å². The SMILES string of the molecule is CP(=O)(CNC(=O)OCc1ccccc1)Nc1ccccc1NP(C)(=O)CNC(=O)OCc1ccccc1.CP(=O)(Cl)CCC(=O)OCc1ccccc1.Nc1ccccc1N. The maximum atomic E-state index is 13.1. The molecule has 5 aromatic carbocycles. The van der Waals surface area contributed by atoms with Gasteiger partial charge in [0.25, 0.3) is 0 Å². The van der Waals surface area contributed by atoms with Crippen LogP contribution in [0.3, 0.4) is 0 Å². The Morgan fingerprint density at radius 3 is 1.18 bits per heavy atom. The van der Waals surface area contributed by atoms with Crippen molar-refractivity contribution in [1.82, 2.24) is 10.6 Å². The summed E-state index contributed by atoms with van der Waals surface area (Å²) in [5.74, 6) is -0.369. The molecule has 0 aliphatic rings. The largest absolute Gasteiger partial charge is 0.461 e. The molecule has 8 N–H and O–H groups in total. The summed E-state index contributed by atoms with van der Waals surface area (Å²) in [6.07, 6.45) is -1.41. The van der Waals surface area contributed by atoms with E-state index in [1.165, 1.54) is 20.0 Å². The quantitative estimate of drug-likeness (QED) is 0.0221. The van der Waals surface area contributed by atoms with Crippen LogP contribution in [0.1, 0.15) is 23.1 Å². The van der Waals surface area contributed by atoms with Gasteiger partial charge in [-0.15, -0.1) is 0 Å². The standard InChI is InChI=1S/C26H32N4O6P2.C11H14ClO3P.C6H8N2/c1-37(33,19-27-25(31)35-17-21-11-5-3-6-12-21)29-23-15-9-10-16-24(23)30-38(2,34)20-28-26(32)36-18-22-13-7-4-8-14-22;1-16(12,14)8-7-11(13)15-9-10-5-3-2-4-6-10;7-5-3-1-2-4-6(5)8/h3-16H,17-20H2,1-2H3,(H,27,31)(H,28,32)(H,29,33)(H,30,34);2-6H,7-9H2,1H3;1-4H,7-8H2. The maximum Gasteiger partial charge on any atom is 0.407 e. The van der Waals surface area contributed by atoms with Crippen LogP contribution < -0.4 is 32.3 Å². The van der Waals surface area contributed by atoms with Gasteiger partial charge in [0, 0.05) is 26.2 Å². The summed E-state index contributed by atoms with van der Waals surface area (Å²) in [5, 5.41) is 10.9. The van der Waals surface area contributed by atoms with Gasteiger partial charge in [-0.3, -0.25) is 13.9 Å². The van der Waals surface area contributed by atoms with Crippen molar-refractivity contribution in [2.75, 3.05) is 60.4 Å². The molecule has 15 nitrogen and oxygen atoms in total. The topological polar surface area (TPSA) is 230 Å². The van der Waals surface area contributed by atoms with E-state index in [9.17, 15) is 28.1 Å². The number of carbonyl (C=O) groups excluding carboxylic acids is 3. The molecule has 0 aliphatic carbocycles. The summed E-state index contributed by atoms with van der Waals surface area (Å²) < 4.78 is 52.7. The van der Waals surface area contributed by atoms with Crippen LogP contribution >= 0.6 is 32.3 Å². The number of nitrogens with one attached hydrogen (secondary N) is 4. The summed E-state index contributed by atoms with van der Waals surface area (Å²) in [5.41, 5.74) is 15.6. The highest BCUT2D eigenvalue weighted by molar-refractivity contribution is 7.88. The van der Waals surface area contributed by atoms with Crippen LogP contribution in [0.15, 0.2) is 140 Å². The number of hydrogen-bond acceptors (Lipinski definition) is 11. The minimum absolute atomic E-state index is 0.0977. The molecule has 2 amide bonds. The molecule has 5 aromatic rings. The highest BCUT2D eigenvalue weighted by Gasteiger charge is 2.22. The number of alkyl carbamates (subject to hydrolysis) is 2. The van der Waals surface area contributed by atoms with E-state index >= 15 is 0 Å². The number of nitrogens with two attached hydrogens (primary N) is 2. The number of benzene rings is 5. The summed E-state index contributed by atoms with van der Waals surface area (Å²) in [6.45, 7) is 2.21. The Morgan fingerprint density at radius 2 is 0.839 bits per heavy atom. The molecule has 0 heterocycles. The predicted molar refractivity (Wildman–Crippen MR) is 250 cm³/mol. The van der Waals surface area contributed by atoms with E-state index in [0.717, 1.165) is 16.7 Å². The average Bonchev–Trinajstić information content (AvgIpc) is 3.25. The van der Waals surface area contributed by atoms with E-state index in [0.29, 0.717) is 22.7 Å². The van der Waals surface area contributed by atoms with Crippen molar-refractivity contribution in [3.8, 4) is 0 Å². The van der Waals surface area contributed by atoms with E-state index in [4.69, 9.17) is 36.9 Å². The van der Waals surface area contributed by atoms with Crippen molar-refractivity contribution in [2.24, 2.45) is 0 Å². The van der Waals surface area contributed by atoms with Crippen LogP contribution in [-0.2, 0) is 52.5 Å². The normalized spacial score (nSPS) is 13.2. The molecule has 0 radical (unpaired) electrons. The molecule has 3 unspecified atom stereocenters. The van der Waals surface area contributed by atoms with Crippen molar-refractivity contribution in [1.29, 1.82) is 0 Å². The summed E-state index contributed by atoms with van der Waals surface area (Å²) in [4.78, 5) is 35.4. The zero-order valence-corrected chi connectivity index (χ0v) is 38.2. The lowest BCUT2D eigenvalue weighted by atomic mass is 10.2. The van der Waals surface area contributed by atoms with Crippen LogP contribution in [-0.4, -0.2) is 56.9 Å². The number of anilines is 4. The second-order valence-corrected chi connectivity index (χ2v) is 24.0. The lowest BCUT2D eigenvalue weighted by Gasteiger charge is -2.22. The molecule has 3 atom stereocenters. The molecule has 332 valence electrons. The van der Waals surface area contributed by atoms with Crippen LogP contribution in [0.4, 0.5) is 32.3 Å². The third-order valence-electron chi connectivity index (χ3n) is 8.07. The van der Waals surface area contributed by atoms with Gasteiger partial charge < -0.3 is 51.1 Å². The Labute approximate surface area is 367 Å². The minimum atomic E-state index is -3.11. The molecule has 62 heavy (non-hydrogen) atoms. The molecular weight excluding hydrogens is 873 g/mol. The average molecular weight is 927 g/mol. The van der Waals surface area contributed by atoms with E-state index < -0.39 is 33.3 Å². The van der Waals surface area contributed by atoms with E-state index in [1.54, 1.807) is 36.4 Å². The first-order chi connectivity index (χ1) is 29.4. The number of esters is 1. The van der Waals surface area contributed by atoms with Crippen LogP contribution in [0.25, 0.3) is 0 Å². The highest BCUT2D eigenvalue weighted by Crippen LogP contribution is 2.48. The Bertz CT molecular complexity index is 2190.